The molecule has 0 saturated heterocycles. The number of amides is 2. The van der Waals surface area contributed by atoms with Gasteiger partial charge >= 0.3 is 0 Å². The molecule has 38 heavy (non-hydrogen) atoms. The van der Waals surface area contributed by atoms with Crippen LogP contribution < -0.4 is 9.62 Å². The monoisotopic (exact) mass is 529 g/mol. The fraction of sp³-hybridized carbons (Fsp3) is 0.200. The summed E-state index contributed by atoms with van der Waals surface area (Å²) in [7, 11) is -2.30. The van der Waals surface area contributed by atoms with Crippen molar-refractivity contribution in [1.29, 1.82) is 0 Å². The summed E-state index contributed by atoms with van der Waals surface area (Å²) >= 11 is 0. The lowest BCUT2D eigenvalue weighted by Crippen LogP contribution is -2.52. The maximum absolute atomic E-state index is 14.0. The normalized spacial score (nSPS) is 12.1. The van der Waals surface area contributed by atoms with Crippen molar-refractivity contribution in [1.82, 2.24) is 10.2 Å². The Hall–Kier alpha value is -4.17. The predicted octanol–water partition coefficient (Wildman–Crippen LogP) is 3.99. The van der Waals surface area contributed by atoms with E-state index in [2.05, 4.69) is 5.32 Å². The highest BCUT2D eigenvalue weighted by Gasteiger charge is 2.32. The molecule has 8 heteroatoms. The average molecular weight is 530 g/mol. The summed E-state index contributed by atoms with van der Waals surface area (Å²) in [6.07, 6.45) is 1.37. The molecule has 4 aromatic rings. The minimum Gasteiger partial charge on any atom is -0.357 e. The Labute approximate surface area is 223 Å². The maximum Gasteiger partial charge on any atom is 0.244 e. The lowest BCUT2D eigenvalue weighted by Gasteiger charge is -2.33. The molecule has 0 heterocycles. The molecular formula is C30H31N3O4S. The van der Waals surface area contributed by atoms with Gasteiger partial charge < -0.3 is 10.2 Å². The lowest BCUT2D eigenvalue weighted by molar-refractivity contribution is -0.139. The Balaban J connectivity index is 1.75. The molecular weight excluding hydrogens is 498 g/mol. The third kappa shape index (κ3) is 6.39. The molecule has 0 aliphatic rings. The number of carbonyl (C=O) groups is 2. The van der Waals surface area contributed by atoms with Crippen molar-refractivity contribution in [2.45, 2.75) is 19.0 Å². The van der Waals surface area contributed by atoms with Crippen molar-refractivity contribution < 1.29 is 18.0 Å². The summed E-state index contributed by atoms with van der Waals surface area (Å²) < 4.78 is 27.2. The van der Waals surface area contributed by atoms with Gasteiger partial charge in [0.2, 0.25) is 21.8 Å². The highest BCUT2D eigenvalue weighted by atomic mass is 32.2. The largest absolute Gasteiger partial charge is 0.357 e. The van der Waals surface area contributed by atoms with Crippen LogP contribution in [0.1, 0.15) is 11.1 Å². The van der Waals surface area contributed by atoms with Crippen LogP contribution >= 0.6 is 0 Å². The molecule has 7 nitrogen and oxygen atoms in total. The number of fused-ring (bicyclic) bond motifs is 1. The molecule has 0 bridgehead atoms. The molecule has 196 valence electrons. The number of benzene rings is 4. The summed E-state index contributed by atoms with van der Waals surface area (Å²) in [5.41, 5.74) is 2.14. The van der Waals surface area contributed by atoms with Crippen LogP contribution in [0.4, 0.5) is 5.69 Å². The Morgan fingerprint density at radius 1 is 0.789 bits per heavy atom. The summed E-state index contributed by atoms with van der Waals surface area (Å²) in [4.78, 5) is 28.6. The van der Waals surface area contributed by atoms with Gasteiger partial charge in [-0.1, -0.05) is 97.1 Å². The molecule has 4 rings (SSSR count). The zero-order valence-corrected chi connectivity index (χ0v) is 22.3. The Kier molecular flexibility index (Phi) is 8.43. The first-order chi connectivity index (χ1) is 18.3. The second-order valence-corrected chi connectivity index (χ2v) is 11.0. The van der Waals surface area contributed by atoms with Crippen molar-refractivity contribution in [3.63, 3.8) is 0 Å². The molecule has 1 atom stereocenters. The number of carbonyl (C=O) groups excluding carboxylic acids is 2. The molecule has 0 aliphatic heterocycles. The SMILES string of the molecule is CNC(=O)C(Cc1ccccc1)N(Cc1ccccc1)C(=O)CN(c1cccc2ccccc12)S(C)(=O)=O. The fourth-order valence-corrected chi connectivity index (χ4v) is 5.38. The van der Waals surface area contributed by atoms with E-state index in [-0.39, 0.29) is 18.9 Å². The van der Waals surface area contributed by atoms with E-state index in [4.69, 9.17) is 0 Å². The quantitative estimate of drug-likeness (QED) is 0.337. The third-order valence-corrected chi connectivity index (χ3v) is 7.55. The Bertz CT molecular complexity index is 1500. The van der Waals surface area contributed by atoms with Crippen LogP contribution in [0.15, 0.2) is 103 Å². The zero-order chi connectivity index (χ0) is 27.1. The minimum absolute atomic E-state index is 0.151. The van der Waals surface area contributed by atoms with E-state index in [0.29, 0.717) is 5.69 Å². The van der Waals surface area contributed by atoms with Gasteiger partial charge in [-0.2, -0.15) is 0 Å². The van der Waals surface area contributed by atoms with Crippen molar-refractivity contribution in [2.75, 3.05) is 24.2 Å². The molecule has 0 aliphatic carbocycles. The number of nitrogens with one attached hydrogen (secondary N) is 1. The summed E-state index contributed by atoms with van der Waals surface area (Å²) in [5, 5.41) is 4.26. The van der Waals surface area contributed by atoms with Gasteiger partial charge in [0.05, 0.1) is 11.9 Å². The van der Waals surface area contributed by atoms with Crippen LogP contribution in [0.25, 0.3) is 10.8 Å². The van der Waals surface area contributed by atoms with Gasteiger partial charge in [0, 0.05) is 25.4 Å². The standard InChI is InChI=1S/C30H31N3O4S/c1-31-30(35)28(20-23-12-5-3-6-13-23)32(21-24-14-7-4-8-15-24)29(34)22-33(38(2,36)37)27-19-11-17-25-16-9-10-18-26(25)27/h3-19,28H,20-22H2,1-2H3,(H,31,35). The van der Waals surface area contributed by atoms with E-state index < -0.39 is 28.5 Å². The van der Waals surface area contributed by atoms with E-state index in [1.54, 1.807) is 12.1 Å². The molecule has 0 radical (unpaired) electrons. The van der Waals surface area contributed by atoms with Crippen LogP contribution in [-0.4, -0.2) is 51.0 Å². The zero-order valence-electron chi connectivity index (χ0n) is 21.4. The highest BCUT2D eigenvalue weighted by Crippen LogP contribution is 2.29. The topological polar surface area (TPSA) is 86.8 Å². The van der Waals surface area contributed by atoms with Crippen molar-refractivity contribution in [2.24, 2.45) is 0 Å². The molecule has 1 unspecified atom stereocenters. The first-order valence-corrected chi connectivity index (χ1v) is 14.2. The molecule has 0 aromatic heterocycles. The second kappa shape index (κ2) is 11.9. The third-order valence-electron chi connectivity index (χ3n) is 6.43. The van der Waals surface area contributed by atoms with Crippen LogP contribution in [0.5, 0.6) is 0 Å². The Morgan fingerprint density at radius 2 is 1.37 bits per heavy atom. The van der Waals surface area contributed by atoms with E-state index in [0.717, 1.165) is 32.5 Å². The van der Waals surface area contributed by atoms with Gasteiger partial charge in [0.25, 0.3) is 0 Å². The molecule has 2 amide bonds. The lowest BCUT2D eigenvalue weighted by atomic mass is 10.0. The minimum atomic E-state index is -3.84. The Morgan fingerprint density at radius 3 is 2.00 bits per heavy atom. The maximum atomic E-state index is 14.0. The van der Waals surface area contributed by atoms with Crippen molar-refractivity contribution in [3.05, 3.63) is 114 Å². The number of rotatable bonds is 10. The van der Waals surface area contributed by atoms with E-state index >= 15 is 0 Å². The summed E-state index contributed by atoms with van der Waals surface area (Å²) in [5.74, 6) is -0.800. The molecule has 0 fully saturated rings. The van der Waals surface area contributed by atoms with Crippen molar-refractivity contribution >= 4 is 38.3 Å². The van der Waals surface area contributed by atoms with Crippen LogP contribution in [0.2, 0.25) is 0 Å². The smallest absolute Gasteiger partial charge is 0.244 e. The number of anilines is 1. The molecule has 1 N–H and O–H groups in total. The summed E-state index contributed by atoms with van der Waals surface area (Å²) in [6.45, 7) is -0.292. The van der Waals surface area contributed by atoms with E-state index in [1.807, 2.05) is 91.0 Å². The fourth-order valence-electron chi connectivity index (χ4n) is 4.52. The molecule has 0 spiro atoms. The number of hydrogen-bond acceptors (Lipinski definition) is 4. The average Bonchev–Trinajstić information content (AvgIpc) is 2.93. The second-order valence-electron chi connectivity index (χ2n) is 9.09. The highest BCUT2D eigenvalue weighted by molar-refractivity contribution is 7.92. The van der Waals surface area contributed by atoms with Gasteiger partial charge in [0.1, 0.15) is 12.6 Å². The van der Waals surface area contributed by atoms with Crippen LogP contribution in [0, 0.1) is 0 Å². The summed E-state index contributed by atoms with van der Waals surface area (Å²) in [6, 6.07) is 30.8. The first kappa shape index (κ1) is 26.9. The van der Waals surface area contributed by atoms with E-state index in [9.17, 15) is 18.0 Å². The van der Waals surface area contributed by atoms with Gasteiger partial charge in [-0.3, -0.25) is 13.9 Å². The van der Waals surface area contributed by atoms with Gasteiger partial charge in [-0.15, -0.1) is 0 Å². The molecule has 0 saturated carbocycles. The number of nitrogens with zero attached hydrogens (tertiary/aromatic N) is 2. The molecule has 4 aromatic carbocycles. The number of likely N-dealkylation sites (N-methyl/N-ethyl adjacent to an activating group) is 1. The van der Waals surface area contributed by atoms with Crippen LogP contribution in [-0.2, 0) is 32.6 Å². The first-order valence-electron chi connectivity index (χ1n) is 12.3. The van der Waals surface area contributed by atoms with Gasteiger partial charge in [0.15, 0.2) is 0 Å². The van der Waals surface area contributed by atoms with Gasteiger partial charge in [-0.05, 0) is 22.6 Å². The van der Waals surface area contributed by atoms with Crippen molar-refractivity contribution in [3.8, 4) is 0 Å². The number of hydrogen-bond donors (Lipinski definition) is 1. The number of sulfonamides is 1. The predicted molar refractivity (Wildman–Crippen MR) is 151 cm³/mol. The van der Waals surface area contributed by atoms with E-state index in [1.165, 1.54) is 11.9 Å². The van der Waals surface area contributed by atoms with Crippen LogP contribution in [0.3, 0.4) is 0 Å². The van der Waals surface area contributed by atoms with Gasteiger partial charge in [-0.25, -0.2) is 8.42 Å².